The van der Waals surface area contributed by atoms with Crippen molar-refractivity contribution < 1.29 is 13.5 Å². The minimum absolute atomic E-state index is 0.153. The largest absolute Gasteiger partial charge is 0.392 e. The highest BCUT2D eigenvalue weighted by Crippen LogP contribution is 2.23. The lowest BCUT2D eigenvalue weighted by Gasteiger charge is -2.05. The molecule has 2 aromatic rings. The zero-order valence-electron chi connectivity index (χ0n) is 9.97. The van der Waals surface area contributed by atoms with Gasteiger partial charge in [0.25, 0.3) is 10.0 Å². The molecule has 2 heterocycles. The average molecular weight is 366 g/mol. The molecule has 0 saturated heterocycles. The van der Waals surface area contributed by atoms with E-state index in [0.29, 0.717) is 5.69 Å². The summed E-state index contributed by atoms with van der Waals surface area (Å²) in [6, 6.07) is 1.85. The summed E-state index contributed by atoms with van der Waals surface area (Å²) in [5.41, 5.74) is 0.831. The van der Waals surface area contributed by atoms with Gasteiger partial charge in [0.2, 0.25) is 0 Å². The summed E-state index contributed by atoms with van der Waals surface area (Å²) in [4.78, 5) is 0.876. The number of hydrogen-bond donors (Lipinski definition) is 3. The van der Waals surface area contributed by atoms with Gasteiger partial charge in [0.15, 0.2) is 5.03 Å². The Bertz CT molecular complexity index is 678. The number of rotatable bonds is 5. The smallest absolute Gasteiger partial charge is 0.260 e. The van der Waals surface area contributed by atoms with Gasteiger partial charge in [-0.15, -0.1) is 11.3 Å². The Morgan fingerprint density at radius 2 is 2.32 bits per heavy atom. The maximum Gasteiger partial charge on any atom is 0.260 e. The van der Waals surface area contributed by atoms with E-state index in [4.69, 9.17) is 0 Å². The van der Waals surface area contributed by atoms with Crippen LogP contribution in [0.2, 0.25) is 0 Å². The Morgan fingerprint density at radius 3 is 2.89 bits per heavy atom. The zero-order chi connectivity index (χ0) is 14.0. The number of H-pyrrole nitrogens is 1. The van der Waals surface area contributed by atoms with Crippen molar-refractivity contribution in [2.45, 2.75) is 25.1 Å². The van der Waals surface area contributed by atoms with Crippen LogP contribution < -0.4 is 4.72 Å². The predicted molar refractivity (Wildman–Crippen MR) is 75.3 cm³/mol. The van der Waals surface area contributed by atoms with Crippen LogP contribution in [0, 0.1) is 6.92 Å². The van der Waals surface area contributed by atoms with E-state index in [1.165, 1.54) is 11.3 Å². The molecule has 0 bridgehead atoms. The van der Waals surface area contributed by atoms with Gasteiger partial charge in [0, 0.05) is 27.2 Å². The fourth-order valence-corrected chi connectivity index (χ4v) is 4.22. The summed E-state index contributed by atoms with van der Waals surface area (Å²) >= 11 is 4.79. The van der Waals surface area contributed by atoms with Crippen LogP contribution in [0.5, 0.6) is 0 Å². The van der Waals surface area contributed by atoms with Crippen molar-refractivity contribution in [2.24, 2.45) is 0 Å². The number of aliphatic hydroxyl groups excluding tert-OH is 1. The molecule has 0 fully saturated rings. The first-order chi connectivity index (χ1) is 8.95. The van der Waals surface area contributed by atoms with Gasteiger partial charge in [-0.2, -0.15) is 5.10 Å². The summed E-state index contributed by atoms with van der Waals surface area (Å²) < 4.78 is 27.6. The molecule has 0 aliphatic rings. The maximum absolute atomic E-state index is 12.1. The van der Waals surface area contributed by atoms with E-state index in [-0.39, 0.29) is 23.7 Å². The Morgan fingerprint density at radius 1 is 1.58 bits per heavy atom. The molecule has 0 aliphatic carbocycles. The highest BCUT2D eigenvalue weighted by Gasteiger charge is 2.23. The lowest BCUT2D eigenvalue weighted by Crippen LogP contribution is -2.24. The highest BCUT2D eigenvalue weighted by molar-refractivity contribution is 9.10. The van der Waals surface area contributed by atoms with Gasteiger partial charge >= 0.3 is 0 Å². The van der Waals surface area contributed by atoms with Crippen LogP contribution in [0.4, 0.5) is 0 Å². The van der Waals surface area contributed by atoms with E-state index in [1.807, 2.05) is 11.4 Å². The number of aromatic nitrogens is 2. The molecule has 0 atom stereocenters. The molecule has 2 rings (SSSR count). The van der Waals surface area contributed by atoms with E-state index >= 15 is 0 Å². The molecule has 0 amide bonds. The molecular formula is C10H12BrN3O3S2. The number of aryl methyl sites for hydroxylation is 1. The zero-order valence-corrected chi connectivity index (χ0v) is 13.2. The van der Waals surface area contributed by atoms with Gasteiger partial charge < -0.3 is 5.11 Å². The number of halogens is 1. The Hall–Kier alpha value is -0.740. The van der Waals surface area contributed by atoms with Gasteiger partial charge in [0.1, 0.15) is 0 Å². The second kappa shape index (κ2) is 5.71. The number of nitrogens with one attached hydrogen (secondary N) is 2. The van der Waals surface area contributed by atoms with Crippen molar-refractivity contribution in [1.82, 2.24) is 14.9 Å². The Balaban J connectivity index is 2.21. The lowest BCUT2D eigenvalue weighted by molar-refractivity contribution is 0.277. The van der Waals surface area contributed by atoms with Crippen LogP contribution in [-0.4, -0.2) is 23.7 Å². The number of thiophene rings is 1. The normalized spacial score (nSPS) is 11.9. The van der Waals surface area contributed by atoms with Crippen LogP contribution in [0.15, 0.2) is 20.9 Å². The molecule has 0 saturated carbocycles. The summed E-state index contributed by atoms with van der Waals surface area (Å²) in [5, 5.41) is 17.2. The molecule has 0 unspecified atom stereocenters. The average Bonchev–Trinajstić information content (AvgIpc) is 2.93. The van der Waals surface area contributed by atoms with E-state index in [2.05, 4.69) is 30.8 Å². The number of aliphatic hydroxyl groups is 1. The highest BCUT2D eigenvalue weighted by atomic mass is 79.9. The van der Waals surface area contributed by atoms with E-state index < -0.39 is 10.0 Å². The van der Waals surface area contributed by atoms with Crippen LogP contribution in [0.1, 0.15) is 16.1 Å². The monoisotopic (exact) mass is 365 g/mol. The first-order valence-corrected chi connectivity index (χ1v) is 8.47. The maximum atomic E-state index is 12.1. The van der Waals surface area contributed by atoms with E-state index in [1.54, 1.807) is 6.92 Å². The quantitative estimate of drug-likeness (QED) is 0.748. The molecule has 6 nitrogen and oxygen atoms in total. The van der Waals surface area contributed by atoms with Gasteiger partial charge in [-0.3, -0.25) is 5.10 Å². The molecule has 0 aliphatic heterocycles. The van der Waals surface area contributed by atoms with E-state index in [0.717, 1.165) is 9.35 Å². The summed E-state index contributed by atoms with van der Waals surface area (Å²) in [6.45, 7) is 1.46. The minimum Gasteiger partial charge on any atom is -0.392 e. The molecule has 2 aromatic heterocycles. The molecule has 0 spiro atoms. The predicted octanol–water partition coefficient (Wildman–Crippen LogP) is 1.51. The van der Waals surface area contributed by atoms with Crippen LogP contribution >= 0.6 is 27.3 Å². The molecule has 104 valence electrons. The van der Waals surface area contributed by atoms with Crippen molar-refractivity contribution in [3.8, 4) is 0 Å². The third kappa shape index (κ3) is 3.06. The van der Waals surface area contributed by atoms with Gasteiger partial charge in [-0.05, 0) is 34.3 Å². The van der Waals surface area contributed by atoms with Crippen LogP contribution in [0.25, 0.3) is 0 Å². The number of nitrogens with zero attached hydrogens (tertiary/aromatic N) is 1. The summed E-state index contributed by atoms with van der Waals surface area (Å²) in [6.07, 6.45) is 0. The van der Waals surface area contributed by atoms with E-state index in [9.17, 15) is 13.5 Å². The first-order valence-electron chi connectivity index (χ1n) is 5.32. The topological polar surface area (TPSA) is 95.1 Å². The second-order valence-corrected chi connectivity index (χ2v) is 7.34. The minimum atomic E-state index is -3.74. The Kier molecular flexibility index (Phi) is 4.41. The van der Waals surface area contributed by atoms with Crippen molar-refractivity contribution in [3.63, 3.8) is 0 Å². The summed E-state index contributed by atoms with van der Waals surface area (Å²) in [7, 11) is -3.74. The van der Waals surface area contributed by atoms with Crippen molar-refractivity contribution >= 4 is 37.3 Å². The first kappa shape index (κ1) is 14.7. The third-order valence-corrected chi connectivity index (χ3v) is 5.86. The SMILES string of the molecule is Cc1[nH]nc(S(=O)(=O)NCc2sccc2Br)c1CO. The molecule has 0 aromatic carbocycles. The molecule has 0 radical (unpaired) electrons. The number of hydrogen-bond acceptors (Lipinski definition) is 5. The molecule has 19 heavy (non-hydrogen) atoms. The molecule has 9 heteroatoms. The van der Waals surface area contributed by atoms with Crippen LogP contribution in [0.3, 0.4) is 0 Å². The molecular weight excluding hydrogens is 354 g/mol. The van der Waals surface area contributed by atoms with Crippen LogP contribution in [-0.2, 0) is 23.2 Å². The number of sulfonamides is 1. The molecule has 3 N–H and O–H groups in total. The summed E-state index contributed by atoms with van der Waals surface area (Å²) in [5.74, 6) is 0. The second-order valence-electron chi connectivity index (χ2n) is 3.81. The van der Waals surface area contributed by atoms with Gasteiger partial charge in [-0.25, -0.2) is 13.1 Å². The Labute approximate surface area is 123 Å². The van der Waals surface area contributed by atoms with Gasteiger partial charge in [0.05, 0.1) is 6.61 Å². The van der Waals surface area contributed by atoms with Gasteiger partial charge in [-0.1, -0.05) is 0 Å². The fraction of sp³-hybridized carbons (Fsp3) is 0.300. The van der Waals surface area contributed by atoms with Crippen molar-refractivity contribution in [2.75, 3.05) is 0 Å². The standard InChI is InChI=1S/C10H12BrN3O3S2/c1-6-7(5-15)10(14-13-6)19(16,17)12-4-9-8(11)2-3-18-9/h2-3,12,15H,4-5H2,1H3,(H,13,14). The number of aromatic amines is 1. The van der Waals surface area contributed by atoms with Crippen molar-refractivity contribution in [3.05, 3.63) is 32.1 Å². The van der Waals surface area contributed by atoms with Crippen molar-refractivity contribution in [1.29, 1.82) is 0 Å². The third-order valence-electron chi connectivity index (χ3n) is 2.56. The fourth-order valence-electron chi connectivity index (χ4n) is 1.52. The lowest BCUT2D eigenvalue weighted by atomic mass is 10.3.